The first-order valence-electron chi connectivity index (χ1n) is 11.3. The van der Waals surface area contributed by atoms with Crippen molar-refractivity contribution < 1.29 is 9.90 Å². The van der Waals surface area contributed by atoms with Gasteiger partial charge in [-0.05, 0) is 42.9 Å². The molecule has 0 aromatic heterocycles. The fourth-order valence-corrected chi connectivity index (χ4v) is 4.47. The summed E-state index contributed by atoms with van der Waals surface area (Å²) < 4.78 is 0. The van der Waals surface area contributed by atoms with Gasteiger partial charge in [0.2, 0.25) is 5.91 Å². The maximum absolute atomic E-state index is 12.8. The molecule has 1 amide bonds. The summed E-state index contributed by atoms with van der Waals surface area (Å²) >= 11 is 0. The maximum atomic E-state index is 12.8. The average Bonchev–Trinajstić information content (AvgIpc) is 2.72. The van der Waals surface area contributed by atoms with Gasteiger partial charge in [0.1, 0.15) is 5.75 Å². The van der Waals surface area contributed by atoms with Crippen LogP contribution in [0.4, 0.5) is 0 Å². The SMILES string of the molecule is CCNC(=NCc1ccc(O)cc1)N1CCN(CC(=O)N2CC(C)CC(C)C2)CC1.I. The number of carbonyl (C=O) groups is 1. The van der Waals surface area contributed by atoms with Gasteiger partial charge < -0.3 is 20.2 Å². The largest absolute Gasteiger partial charge is 0.508 e. The number of halogens is 1. The van der Waals surface area contributed by atoms with E-state index in [-0.39, 0.29) is 35.6 Å². The van der Waals surface area contributed by atoms with Crippen molar-refractivity contribution in [1.29, 1.82) is 0 Å². The van der Waals surface area contributed by atoms with Crippen molar-refractivity contribution in [2.24, 2.45) is 16.8 Å². The quantitative estimate of drug-likeness (QED) is 0.340. The highest BCUT2D eigenvalue weighted by molar-refractivity contribution is 14.0. The van der Waals surface area contributed by atoms with Crippen molar-refractivity contribution in [3.63, 3.8) is 0 Å². The lowest BCUT2D eigenvalue weighted by Gasteiger charge is -2.39. The van der Waals surface area contributed by atoms with Gasteiger partial charge in [-0.15, -0.1) is 24.0 Å². The predicted molar refractivity (Wildman–Crippen MR) is 136 cm³/mol. The van der Waals surface area contributed by atoms with Crippen molar-refractivity contribution in [2.45, 2.75) is 33.7 Å². The summed E-state index contributed by atoms with van der Waals surface area (Å²) in [6.45, 7) is 13.7. The van der Waals surface area contributed by atoms with Crippen LogP contribution in [0.25, 0.3) is 0 Å². The molecule has 0 aliphatic carbocycles. The molecule has 31 heavy (non-hydrogen) atoms. The van der Waals surface area contributed by atoms with Crippen LogP contribution in [0.15, 0.2) is 29.3 Å². The Balaban J connectivity index is 0.00000341. The highest BCUT2D eigenvalue weighted by Crippen LogP contribution is 2.21. The van der Waals surface area contributed by atoms with Crippen LogP contribution in [0.1, 0.15) is 32.8 Å². The van der Waals surface area contributed by atoms with Gasteiger partial charge in [0.15, 0.2) is 5.96 Å². The molecule has 2 saturated heterocycles. The fourth-order valence-electron chi connectivity index (χ4n) is 4.47. The molecular weight excluding hydrogens is 505 g/mol. The first kappa shape index (κ1) is 25.7. The Morgan fingerprint density at radius 1 is 1.06 bits per heavy atom. The zero-order chi connectivity index (χ0) is 21.5. The van der Waals surface area contributed by atoms with Crippen LogP contribution in [-0.2, 0) is 11.3 Å². The monoisotopic (exact) mass is 543 g/mol. The number of phenols is 1. The molecule has 3 rings (SSSR count). The summed E-state index contributed by atoms with van der Waals surface area (Å²) in [6, 6.07) is 7.18. The number of piperazine rings is 1. The molecule has 2 atom stereocenters. The molecule has 2 heterocycles. The van der Waals surface area contributed by atoms with Crippen LogP contribution in [-0.4, -0.2) is 84.0 Å². The number of phenolic OH excluding ortho intramolecular Hbond substituents is 1. The van der Waals surface area contributed by atoms with Crippen LogP contribution in [0.2, 0.25) is 0 Å². The normalized spacial score (nSPS) is 22.7. The van der Waals surface area contributed by atoms with E-state index in [0.717, 1.165) is 57.3 Å². The van der Waals surface area contributed by atoms with E-state index in [1.54, 1.807) is 12.1 Å². The van der Waals surface area contributed by atoms with Crippen LogP contribution in [0, 0.1) is 11.8 Å². The zero-order valence-electron chi connectivity index (χ0n) is 19.1. The number of hydrogen-bond donors (Lipinski definition) is 2. The number of hydrogen-bond acceptors (Lipinski definition) is 4. The highest BCUT2D eigenvalue weighted by Gasteiger charge is 2.28. The van der Waals surface area contributed by atoms with Crippen LogP contribution in [0.5, 0.6) is 5.75 Å². The van der Waals surface area contributed by atoms with Gasteiger partial charge in [-0.1, -0.05) is 26.0 Å². The number of aliphatic imine (C=N–C) groups is 1. The number of likely N-dealkylation sites (tertiary alicyclic amines) is 1. The van der Waals surface area contributed by atoms with Gasteiger partial charge in [-0.2, -0.15) is 0 Å². The Labute approximate surface area is 203 Å². The average molecular weight is 543 g/mol. The van der Waals surface area contributed by atoms with Crippen LogP contribution in [0.3, 0.4) is 0 Å². The maximum Gasteiger partial charge on any atom is 0.236 e. The van der Waals surface area contributed by atoms with Crippen LogP contribution < -0.4 is 5.32 Å². The van der Waals surface area contributed by atoms with Gasteiger partial charge in [0.05, 0.1) is 13.1 Å². The zero-order valence-corrected chi connectivity index (χ0v) is 21.4. The molecule has 2 unspecified atom stereocenters. The summed E-state index contributed by atoms with van der Waals surface area (Å²) in [4.78, 5) is 24.2. The molecule has 2 aliphatic rings. The van der Waals surface area contributed by atoms with E-state index >= 15 is 0 Å². The van der Waals surface area contributed by atoms with E-state index in [0.29, 0.717) is 24.9 Å². The van der Waals surface area contributed by atoms with E-state index in [1.165, 1.54) is 6.42 Å². The Hall–Kier alpha value is -1.55. The molecule has 0 saturated carbocycles. The van der Waals surface area contributed by atoms with Gasteiger partial charge in [0.25, 0.3) is 0 Å². The molecule has 2 N–H and O–H groups in total. The molecule has 7 nitrogen and oxygen atoms in total. The summed E-state index contributed by atoms with van der Waals surface area (Å²) in [6.07, 6.45) is 1.22. The topological polar surface area (TPSA) is 71.4 Å². The molecule has 2 fully saturated rings. The summed E-state index contributed by atoms with van der Waals surface area (Å²) in [7, 11) is 0. The Morgan fingerprint density at radius 3 is 2.26 bits per heavy atom. The minimum absolute atomic E-state index is 0. The number of aromatic hydroxyl groups is 1. The number of guanidine groups is 1. The lowest BCUT2D eigenvalue weighted by atomic mass is 9.92. The first-order chi connectivity index (χ1) is 14.4. The second-order valence-electron chi connectivity index (χ2n) is 8.84. The van der Waals surface area contributed by atoms with E-state index in [2.05, 4.69) is 40.8 Å². The molecular formula is C23H38IN5O2. The third-order valence-corrected chi connectivity index (χ3v) is 5.93. The Kier molecular flexibility index (Phi) is 10.3. The second kappa shape index (κ2) is 12.5. The number of benzene rings is 1. The number of amides is 1. The number of piperidine rings is 1. The van der Waals surface area contributed by atoms with Gasteiger partial charge in [-0.25, -0.2) is 4.99 Å². The number of rotatable bonds is 5. The molecule has 0 bridgehead atoms. The third kappa shape index (κ3) is 7.82. The number of nitrogens with one attached hydrogen (secondary N) is 1. The summed E-state index contributed by atoms with van der Waals surface area (Å²) in [5, 5.41) is 12.8. The lowest BCUT2D eigenvalue weighted by molar-refractivity contribution is -0.135. The van der Waals surface area contributed by atoms with Crippen molar-refractivity contribution in [1.82, 2.24) is 20.0 Å². The molecule has 1 aromatic rings. The third-order valence-electron chi connectivity index (χ3n) is 5.93. The summed E-state index contributed by atoms with van der Waals surface area (Å²) in [5.74, 6) is 2.66. The van der Waals surface area contributed by atoms with Gasteiger partial charge in [0, 0.05) is 45.8 Å². The van der Waals surface area contributed by atoms with Crippen LogP contribution >= 0.6 is 24.0 Å². The fraction of sp³-hybridized carbons (Fsp3) is 0.652. The standard InChI is InChI=1S/C23H37N5O2.HI/c1-4-24-23(25-14-20-5-7-21(29)8-6-20)27-11-9-26(10-12-27)17-22(30)28-15-18(2)13-19(3)16-28;/h5-8,18-19,29H,4,9-17H2,1-3H3,(H,24,25);1H. The van der Waals surface area contributed by atoms with E-state index in [4.69, 9.17) is 4.99 Å². The van der Waals surface area contributed by atoms with Crippen molar-refractivity contribution in [3.8, 4) is 5.75 Å². The smallest absolute Gasteiger partial charge is 0.236 e. The van der Waals surface area contributed by atoms with Crippen molar-refractivity contribution >= 4 is 35.8 Å². The molecule has 8 heteroatoms. The second-order valence-corrected chi connectivity index (χ2v) is 8.84. The minimum atomic E-state index is 0. The van der Waals surface area contributed by atoms with E-state index in [1.807, 2.05) is 12.1 Å². The minimum Gasteiger partial charge on any atom is -0.508 e. The number of nitrogens with zero attached hydrogens (tertiary/aromatic N) is 4. The van der Waals surface area contributed by atoms with Gasteiger partial charge >= 0.3 is 0 Å². The molecule has 2 aliphatic heterocycles. The van der Waals surface area contributed by atoms with Gasteiger partial charge in [-0.3, -0.25) is 9.69 Å². The number of carbonyl (C=O) groups excluding carboxylic acids is 1. The van der Waals surface area contributed by atoms with Crippen molar-refractivity contribution in [2.75, 3.05) is 52.4 Å². The first-order valence-corrected chi connectivity index (χ1v) is 11.3. The van der Waals surface area contributed by atoms with E-state index < -0.39 is 0 Å². The lowest BCUT2D eigenvalue weighted by Crippen LogP contribution is -2.55. The highest BCUT2D eigenvalue weighted by atomic mass is 127. The molecule has 0 radical (unpaired) electrons. The predicted octanol–water partition coefficient (Wildman–Crippen LogP) is 2.60. The molecule has 174 valence electrons. The molecule has 0 spiro atoms. The summed E-state index contributed by atoms with van der Waals surface area (Å²) in [5.41, 5.74) is 1.07. The Bertz CT molecular complexity index is 709. The Morgan fingerprint density at radius 2 is 1.68 bits per heavy atom. The van der Waals surface area contributed by atoms with E-state index in [9.17, 15) is 9.90 Å². The van der Waals surface area contributed by atoms with Crippen molar-refractivity contribution in [3.05, 3.63) is 29.8 Å². The molecule has 1 aromatic carbocycles.